The van der Waals surface area contributed by atoms with Gasteiger partial charge in [-0.25, -0.2) is 18.6 Å². The minimum absolute atomic E-state index is 0.0590. The van der Waals surface area contributed by atoms with Crippen LogP contribution in [0.15, 0.2) is 66.9 Å². The monoisotopic (exact) mass is 489 g/mol. The number of carbonyl (C=O) groups excluding carboxylic acids is 2. The lowest BCUT2D eigenvalue weighted by Gasteiger charge is -2.27. The zero-order chi connectivity index (χ0) is 25.1. The Morgan fingerprint density at radius 1 is 0.806 bits per heavy atom. The van der Waals surface area contributed by atoms with Crippen LogP contribution in [0.3, 0.4) is 0 Å². The molecule has 5 rings (SSSR count). The van der Waals surface area contributed by atoms with Gasteiger partial charge in [0, 0.05) is 35.6 Å². The predicted octanol–water partition coefficient (Wildman–Crippen LogP) is 4.62. The minimum Gasteiger partial charge on any atom is -0.378 e. The molecule has 1 saturated heterocycles. The summed E-state index contributed by atoms with van der Waals surface area (Å²) in [7, 11) is 0. The van der Waals surface area contributed by atoms with Crippen molar-refractivity contribution in [1.29, 1.82) is 0 Å². The van der Waals surface area contributed by atoms with Crippen molar-refractivity contribution in [2.75, 3.05) is 41.8 Å². The number of ketones is 1. The predicted molar refractivity (Wildman–Crippen MR) is 131 cm³/mol. The summed E-state index contributed by atoms with van der Waals surface area (Å²) in [5, 5.41) is 5.01. The molecule has 0 saturated carbocycles. The molecule has 2 N–H and O–H groups in total. The van der Waals surface area contributed by atoms with Crippen LogP contribution in [-0.4, -0.2) is 48.1 Å². The lowest BCUT2D eigenvalue weighted by atomic mass is 10.0. The van der Waals surface area contributed by atoms with Crippen molar-refractivity contribution < 1.29 is 23.1 Å². The molecule has 10 heteroatoms. The van der Waals surface area contributed by atoms with Crippen LogP contribution >= 0.6 is 0 Å². The fourth-order valence-corrected chi connectivity index (χ4v) is 3.87. The number of fused-ring (bicyclic) bond motifs is 1. The molecular weight excluding hydrogens is 468 g/mol. The summed E-state index contributed by atoms with van der Waals surface area (Å²) in [4.78, 5) is 36.6. The SMILES string of the molecule is O=C(Nc1ccc(F)cc1)Nc1cc(F)cc(C(=O)c2ccc3ncc(N4CCOCC4)nc3c2)c1. The minimum atomic E-state index is -0.687. The van der Waals surface area contributed by atoms with Gasteiger partial charge in [0.2, 0.25) is 0 Å². The van der Waals surface area contributed by atoms with Crippen molar-refractivity contribution in [2.24, 2.45) is 0 Å². The van der Waals surface area contributed by atoms with Crippen LogP contribution in [-0.2, 0) is 4.74 Å². The Kier molecular flexibility index (Phi) is 6.50. The maximum absolute atomic E-state index is 14.3. The Morgan fingerprint density at radius 3 is 2.33 bits per heavy atom. The van der Waals surface area contributed by atoms with Crippen molar-refractivity contribution in [3.8, 4) is 0 Å². The number of anilines is 3. The van der Waals surface area contributed by atoms with E-state index in [4.69, 9.17) is 4.74 Å². The summed E-state index contributed by atoms with van der Waals surface area (Å²) < 4.78 is 32.8. The van der Waals surface area contributed by atoms with Gasteiger partial charge in [-0.05, 0) is 60.7 Å². The van der Waals surface area contributed by atoms with Crippen LogP contribution in [0.25, 0.3) is 11.0 Å². The summed E-state index contributed by atoms with van der Waals surface area (Å²) in [6.07, 6.45) is 1.69. The number of ether oxygens (including phenoxy) is 1. The van der Waals surface area contributed by atoms with Gasteiger partial charge in [0.1, 0.15) is 17.5 Å². The molecule has 1 aliphatic heterocycles. The number of nitrogens with zero attached hydrogens (tertiary/aromatic N) is 3. The van der Waals surface area contributed by atoms with Gasteiger partial charge < -0.3 is 20.3 Å². The number of halogens is 2. The lowest BCUT2D eigenvalue weighted by molar-refractivity contribution is 0.103. The number of amides is 2. The normalized spacial score (nSPS) is 13.4. The van der Waals surface area contributed by atoms with E-state index in [2.05, 4.69) is 25.5 Å². The molecule has 0 spiro atoms. The Balaban J connectivity index is 1.36. The van der Waals surface area contributed by atoms with Gasteiger partial charge in [-0.3, -0.25) is 9.78 Å². The molecule has 1 fully saturated rings. The molecule has 3 aromatic carbocycles. The first-order valence-corrected chi connectivity index (χ1v) is 11.2. The number of urea groups is 1. The van der Waals surface area contributed by atoms with Gasteiger partial charge in [-0.2, -0.15) is 0 Å². The second-order valence-corrected chi connectivity index (χ2v) is 8.17. The van der Waals surface area contributed by atoms with Crippen molar-refractivity contribution in [3.63, 3.8) is 0 Å². The number of aromatic nitrogens is 2. The maximum Gasteiger partial charge on any atom is 0.323 e. The number of hydrogen-bond donors (Lipinski definition) is 2. The molecule has 0 aliphatic carbocycles. The second-order valence-electron chi connectivity index (χ2n) is 8.17. The standard InChI is InChI=1S/C26H21F2N5O3/c27-18-2-4-20(5-3-18)30-26(35)31-21-12-17(11-19(28)14-21)25(34)16-1-6-22-23(13-16)32-24(15-29-22)33-7-9-36-10-8-33/h1-6,11-15H,7-10H2,(H2,30,31,35). The van der Waals surface area contributed by atoms with E-state index in [0.29, 0.717) is 54.4 Å². The third kappa shape index (κ3) is 5.28. The van der Waals surface area contributed by atoms with Gasteiger partial charge >= 0.3 is 6.03 Å². The molecule has 0 unspecified atom stereocenters. The van der Waals surface area contributed by atoms with Crippen LogP contribution in [0.1, 0.15) is 15.9 Å². The van der Waals surface area contributed by atoms with Gasteiger partial charge in [0.25, 0.3) is 0 Å². The first-order chi connectivity index (χ1) is 17.4. The quantitative estimate of drug-likeness (QED) is 0.397. The summed E-state index contributed by atoms with van der Waals surface area (Å²) in [6.45, 7) is 2.62. The van der Waals surface area contributed by atoms with Crippen LogP contribution < -0.4 is 15.5 Å². The van der Waals surface area contributed by atoms with Gasteiger partial charge in [-0.1, -0.05) is 0 Å². The number of benzene rings is 3. The number of carbonyl (C=O) groups is 2. The molecule has 4 aromatic rings. The van der Waals surface area contributed by atoms with Gasteiger partial charge in [0.05, 0.1) is 30.4 Å². The average Bonchev–Trinajstić information content (AvgIpc) is 2.89. The number of morpholine rings is 1. The van der Waals surface area contributed by atoms with Crippen LogP contribution in [0.4, 0.5) is 30.8 Å². The highest BCUT2D eigenvalue weighted by Gasteiger charge is 2.16. The van der Waals surface area contributed by atoms with Gasteiger partial charge in [0.15, 0.2) is 5.78 Å². The Labute approximate surface area is 204 Å². The van der Waals surface area contributed by atoms with Crippen LogP contribution in [0, 0.1) is 11.6 Å². The van der Waals surface area contributed by atoms with E-state index in [1.165, 1.54) is 30.3 Å². The first-order valence-electron chi connectivity index (χ1n) is 11.2. The summed E-state index contributed by atoms with van der Waals surface area (Å²) >= 11 is 0. The van der Waals surface area contributed by atoms with E-state index < -0.39 is 23.4 Å². The van der Waals surface area contributed by atoms with E-state index >= 15 is 0 Å². The Hall–Kier alpha value is -4.44. The zero-order valence-electron chi connectivity index (χ0n) is 19.0. The molecule has 182 valence electrons. The molecule has 0 bridgehead atoms. The zero-order valence-corrected chi connectivity index (χ0v) is 19.0. The molecule has 0 atom stereocenters. The molecule has 0 radical (unpaired) electrons. The molecule has 1 aliphatic rings. The third-order valence-corrected chi connectivity index (χ3v) is 5.65. The second kappa shape index (κ2) is 10.0. The molecule has 2 amide bonds. The highest BCUT2D eigenvalue weighted by molar-refractivity contribution is 6.11. The van der Waals surface area contributed by atoms with Crippen molar-refractivity contribution in [3.05, 3.63) is 89.6 Å². The largest absolute Gasteiger partial charge is 0.378 e. The molecule has 2 heterocycles. The third-order valence-electron chi connectivity index (χ3n) is 5.65. The fraction of sp³-hybridized carbons (Fsp3) is 0.154. The highest BCUT2D eigenvalue weighted by Crippen LogP contribution is 2.22. The highest BCUT2D eigenvalue weighted by atomic mass is 19.1. The van der Waals surface area contributed by atoms with E-state index in [0.717, 1.165) is 12.1 Å². The summed E-state index contributed by atoms with van der Waals surface area (Å²) in [5.41, 5.74) is 1.98. The molecule has 36 heavy (non-hydrogen) atoms. The smallest absolute Gasteiger partial charge is 0.323 e. The van der Waals surface area contributed by atoms with E-state index in [1.807, 2.05) is 0 Å². The van der Waals surface area contributed by atoms with Crippen molar-refractivity contribution >= 4 is 40.0 Å². The van der Waals surface area contributed by atoms with Gasteiger partial charge in [-0.15, -0.1) is 0 Å². The molecule has 8 nitrogen and oxygen atoms in total. The van der Waals surface area contributed by atoms with Crippen LogP contribution in [0.5, 0.6) is 0 Å². The topological polar surface area (TPSA) is 96.5 Å². The Bertz CT molecular complexity index is 1440. The lowest BCUT2D eigenvalue weighted by Crippen LogP contribution is -2.36. The Morgan fingerprint density at radius 2 is 1.56 bits per heavy atom. The average molecular weight is 489 g/mol. The summed E-state index contributed by atoms with van der Waals surface area (Å²) in [6, 6.07) is 13.0. The fourth-order valence-electron chi connectivity index (χ4n) is 3.87. The van der Waals surface area contributed by atoms with Crippen LogP contribution in [0.2, 0.25) is 0 Å². The molecule has 1 aromatic heterocycles. The van der Waals surface area contributed by atoms with E-state index in [9.17, 15) is 18.4 Å². The van der Waals surface area contributed by atoms with Crippen molar-refractivity contribution in [1.82, 2.24) is 9.97 Å². The number of rotatable bonds is 5. The molecular formula is C26H21F2N5O3. The van der Waals surface area contributed by atoms with Crippen molar-refractivity contribution in [2.45, 2.75) is 0 Å². The maximum atomic E-state index is 14.3. The number of nitrogens with one attached hydrogen (secondary N) is 2. The van der Waals surface area contributed by atoms with E-state index in [1.54, 1.807) is 24.4 Å². The van der Waals surface area contributed by atoms with E-state index in [-0.39, 0.29) is 11.3 Å². The number of hydrogen-bond acceptors (Lipinski definition) is 6. The first kappa shape index (κ1) is 23.3. The summed E-state index contributed by atoms with van der Waals surface area (Å²) in [5.74, 6) is -0.865.